The Morgan fingerprint density at radius 3 is 0.879 bits per heavy atom. The minimum atomic E-state index is -4.42. The first-order valence-electron chi connectivity index (χ1n) is 11.3. The smallest absolute Gasteiger partial charge is 0.376 e. The first-order valence-corrected chi connectivity index (χ1v) is 23.4. The quantitative estimate of drug-likeness (QED) is 0.108. The molecule has 196 valence electrons. The molecular formula is C16H40O12Si5. The summed E-state index contributed by atoms with van der Waals surface area (Å²) in [6.45, 7) is 14.6. The van der Waals surface area contributed by atoms with Crippen molar-refractivity contribution in [2.45, 2.75) is 55.4 Å². The maximum atomic E-state index is 14.1. The van der Waals surface area contributed by atoms with Crippen molar-refractivity contribution in [3.05, 3.63) is 0 Å². The van der Waals surface area contributed by atoms with Gasteiger partial charge in [-0.15, -0.1) is 0 Å². The van der Waals surface area contributed by atoms with E-state index in [1.807, 2.05) is 0 Å². The predicted octanol–water partition coefficient (Wildman–Crippen LogP) is 1.62. The molecule has 0 heterocycles. The molecule has 0 atom stereocenters. The fourth-order valence-corrected chi connectivity index (χ4v) is 49.5. The molecule has 0 aromatic heterocycles. The standard InChI is InChI=1S/C16H40O12Si5/c1-9-19-27-29(17)33(30(18)28-20-10-2,31(21-11-3,22-12-4)23-13-5)32(24-14-6,25-15-7)26-16-8/h9-16H2,1-8H3. The molecule has 0 unspecified atom stereocenters. The highest BCUT2D eigenvalue weighted by Crippen LogP contribution is 2.36. The van der Waals surface area contributed by atoms with Crippen LogP contribution in [0.3, 0.4) is 0 Å². The van der Waals surface area contributed by atoms with Crippen molar-refractivity contribution >= 4 is 39.7 Å². The number of hydrogen-bond acceptors (Lipinski definition) is 12. The first kappa shape index (κ1) is 33.0. The van der Waals surface area contributed by atoms with E-state index in [4.69, 9.17) is 45.5 Å². The van der Waals surface area contributed by atoms with Crippen molar-refractivity contribution in [1.29, 1.82) is 0 Å². The molecule has 33 heavy (non-hydrogen) atoms. The van der Waals surface area contributed by atoms with E-state index in [1.165, 1.54) is 0 Å². The average molecular weight is 565 g/mol. The van der Waals surface area contributed by atoms with E-state index < -0.39 is 39.7 Å². The predicted molar refractivity (Wildman–Crippen MR) is 125 cm³/mol. The SMILES string of the molecule is CCOO[Si](=O)[Si]([Si](=O)OOCC)([Si](OCC)(OCC)OCC)[Si](OCC)(OCC)OCC. The second-order valence-electron chi connectivity index (χ2n) is 6.02. The summed E-state index contributed by atoms with van der Waals surface area (Å²) >= 11 is 0. The Hall–Kier alpha value is -0.0356. The van der Waals surface area contributed by atoms with Crippen molar-refractivity contribution in [3.8, 4) is 0 Å². The molecule has 0 aliphatic carbocycles. The molecule has 0 aromatic carbocycles. The molecule has 17 heteroatoms. The normalized spacial score (nSPS) is 12.6. The summed E-state index contributed by atoms with van der Waals surface area (Å²) in [7, 11) is -15.2. The maximum Gasteiger partial charge on any atom is 0.528 e. The van der Waals surface area contributed by atoms with Gasteiger partial charge >= 0.3 is 39.7 Å². The van der Waals surface area contributed by atoms with Crippen LogP contribution in [0, 0.1) is 0 Å². The summed E-state index contributed by atoms with van der Waals surface area (Å²) in [6, 6.07) is 0. The summed E-state index contributed by atoms with van der Waals surface area (Å²) in [5.74, 6) is 0. The molecule has 0 radical (unpaired) electrons. The lowest BCUT2D eigenvalue weighted by atomic mass is 10.9. The minimum Gasteiger partial charge on any atom is -0.376 e. The topological polar surface area (TPSA) is 126 Å². The van der Waals surface area contributed by atoms with Crippen molar-refractivity contribution in [2.24, 2.45) is 0 Å². The zero-order valence-corrected chi connectivity index (χ0v) is 26.1. The van der Waals surface area contributed by atoms with Crippen LogP contribution >= 0.6 is 0 Å². The van der Waals surface area contributed by atoms with Gasteiger partial charge in [-0.05, 0) is 55.4 Å². The molecule has 0 amide bonds. The molecular weight excluding hydrogens is 525 g/mol. The third-order valence-electron chi connectivity index (χ3n) is 4.04. The Bertz CT molecular complexity index is 488. The van der Waals surface area contributed by atoms with Gasteiger partial charge in [-0.2, -0.15) is 0 Å². The summed E-state index contributed by atoms with van der Waals surface area (Å²) in [4.78, 5) is 10.1. The molecule has 0 bridgehead atoms. The van der Waals surface area contributed by atoms with Crippen LogP contribution in [0.25, 0.3) is 0 Å². The van der Waals surface area contributed by atoms with Crippen molar-refractivity contribution < 1.29 is 54.4 Å². The van der Waals surface area contributed by atoms with Crippen molar-refractivity contribution in [3.63, 3.8) is 0 Å². The monoisotopic (exact) mass is 564 g/mol. The summed E-state index contributed by atoms with van der Waals surface area (Å²) in [5, 5.41) is 0. The molecule has 0 rings (SSSR count). The lowest BCUT2D eigenvalue weighted by molar-refractivity contribution is -0.211. The largest absolute Gasteiger partial charge is 0.528 e. The molecule has 0 aliphatic rings. The average Bonchev–Trinajstić information content (AvgIpc) is 2.77. The van der Waals surface area contributed by atoms with Gasteiger partial charge < -0.3 is 44.6 Å². The lowest BCUT2D eigenvalue weighted by Crippen LogP contribution is -2.92. The molecule has 0 N–H and O–H groups in total. The maximum absolute atomic E-state index is 14.1. The van der Waals surface area contributed by atoms with E-state index in [-0.39, 0.29) is 52.9 Å². The van der Waals surface area contributed by atoms with Crippen LogP contribution in [-0.4, -0.2) is 92.5 Å². The van der Waals surface area contributed by atoms with Gasteiger partial charge in [0.15, 0.2) is 0 Å². The number of hydrogen-bond donors (Lipinski definition) is 0. The molecule has 0 spiro atoms. The lowest BCUT2D eigenvalue weighted by Gasteiger charge is -2.44. The van der Waals surface area contributed by atoms with Crippen molar-refractivity contribution in [2.75, 3.05) is 52.9 Å². The van der Waals surface area contributed by atoms with E-state index in [0.29, 0.717) is 0 Å². The fraction of sp³-hybridized carbons (Fsp3) is 1.00. The van der Waals surface area contributed by atoms with Gasteiger partial charge in [0.1, 0.15) is 0 Å². The number of rotatable bonds is 22. The molecule has 0 aliphatic heterocycles. The van der Waals surface area contributed by atoms with Crippen LogP contribution in [0.4, 0.5) is 0 Å². The molecule has 12 nitrogen and oxygen atoms in total. The van der Waals surface area contributed by atoms with E-state index in [1.54, 1.807) is 55.4 Å². The zero-order chi connectivity index (χ0) is 25.4. The highest BCUT2D eigenvalue weighted by molar-refractivity contribution is 7.94. The third kappa shape index (κ3) is 7.47. The fourth-order valence-electron chi connectivity index (χ4n) is 3.16. The van der Waals surface area contributed by atoms with Gasteiger partial charge in [0.05, 0.1) is 13.2 Å². The van der Waals surface area contributed by atoms with Crippen LogP contribution in [0.15, 0.2) is 0 Å². The summed E-state index contributed by atoms with van der Waals surface area (Å²) < 4.78 is 75.9. The molecule has 0 aromatic rings. The highest BCUT2D eigenvalue weighted by Gasteiger charge is 2.94. The Morgan fingerprint density at radius 1 is 0.455 bits per heavy atom. The summed E-state index contributed by atoms with van der Waals surface area (Å²) in [5.41, 5.74) is 0. The zero-order valence-electron chi connectivity index (χ0n) is 21.1. The van der Waals surface area contributed by atoms with Crippen LogP contribution in [-0.2, 0) is 54.4 Å². The van der Waals surface area contributed by atoms with Crippen molar-refractivity contribution in [1.82, 2.24) is 0 Å². The van der Waals surface area contributed by atoms with Gasteiger partial charge in [0.25, 0.3) is 0 Å². The van der Waals surface area contributed by atoms with Crippen LogP contribution in [0.2, 0.25) is 0 Å². The van der Waals surface area contributed by atoms with E-state index in [9.17, 15) is 8.92 Å². The summed E-state index contributed by atoms with van der Waals surface area (Å²) in [6.07, 6.45) is -4.42. The van der Waals surface area contributed by atoms with Gasteiger partial charge in [0, 0.05) is 39.6 Å². The molecule has 0 fully saturated rings. The van der Waals surface area contributed by atoms with Crippen LogP contribution < -0.4 is 0 Å². The van der Waals surface area contributed by atoms with Crippen LogP contribution in [0.5, 0.6) is 0 Å². The van der Waals surface area contributed by atoms with Crippen LogP contribution in [0.1, 0.15) is 55.4 Å². The Morgan fingerprint density at radius 2 is 0.697 bits per heavy atom. The van der Waals surface area contributed by atoms with E-state index in [0.717, 1.165) is 0 Å². The van der Waals surface area contributed by atoms with E-state index in [2.05, 4.69) is 0 Å². The van der Waals surface area contributed by atoms with Gasteiger partial charge in [-0.25, -0.2) is 9.78 Å². The second-order valence-corrected chi connectivity index (χ2v) is 37.1. The Kier molecular flexibility index (Phi) is 17.4. The third-order valence-corrected chi connectivity index (χ3v) is 51.5. The van der Waals surface area contributed by atoms with Gasteiger partial charge in [-0.3, -0.25) is 0 Å². The van der Waals surface area contributed by atoms with Gasteiger partial charge in [-0.1, -0.05) is 0 Å². The Balaban J connectivity index is 7.63. The molecule has 0 saturated heterocycles. The first-order chi connectivity index (χ1) is 15.8. The molecule has 0 saturated carbocycles. The van der Waals surface area contributed by atoms with Gasteiger partial charge in [0.2, 0.25) is 0 Å². The minimum absolute atomic E-state index is 0.0903. The Labute approximate surface area is 202 Å². The second kappa shape index (κ2) is 17.4. The highest BCUT2D eigenvalue weighted by atomic mass is 30.2. The van der Waals surface area contributed by atoms with E-state index >= 15 is 0 Å².